The number of anilines is 1. The topological polar surface area (TPSA) is 48.7 Å². The fraction of sp³-hybridized carbons (Fsp3) is 0.143. The number of para-hydroxylation sites is 1. The zero-order valence-electron chi connectivity index (χ0n) is 14.3. The third-order valence-corrected chi connectivity index (χ3v) is 4.85. The summed E-state index contributed by atoms with van der Waals surface area (Å²) in [6.45, 7) is 4.18. The normalized spacial score (nSPS) is 11.2. The van der Waals surface area contributed by atoms with E-state index in [-0.39, 0.29) is 0 Å². The third kappa shape index (κ3) is 3.96. The molecule has 1 N–H and O–H groups in total. The summed E-state index contributed by atoms with van der Waals surface area (Å²) in [6, 6.07) is 18.6. The van der Waals surface area contributed by atoms with Crippen molar-refractivity contribution < 1.29 is 0 Å². The quantitative estimate of drug-likeness (QED) is 0.607. The van der Waals surface area contributed by atoms with Crippen molar-refractivity contribution in [2.24, 2.45) is 0 Å². The first-order chi connectivity index (χ1) is 12.2. The summed E-state index contributed by atoms with van der Waals surface area (Å²) >= 11 is 1.48. The van der Waals surface area contributed by atoms with Gasteiger partial charge in [-0.05, 0) is 25.0 Å². The number of nitriles is 1. The molecule has 0 aliphatic carbocycles. The Morgan fingerprint density at radius 2 is 1.96 bits per heavy atom. The molecule has 0 saturated heterocycles. The second-order valence-electron chi connectivity index (χ2n) is 5.73. The zero-order chi connectivity index (χ0) is 17.6. The van der Waals surface area contributed by atoms with E-state index in [1.165, 1.54) is 22.5 Å². The van der Waals surface area contributed by atoms with Crippen LogP contribution >= 0.6 is 11.3 Å². The fourth-order valence-corrected chi connectivity index (χ4v) is 3.31. The summed E-state index contributed by atoms with van der Waals surface area (Å²) in [5, 5.41) is 15.5. The maximum absolute atomic E-state index is 9.51. The van der Waals surface area contributed by atoms with E-state index in [4.69, 9.17) is 0 Å². The van der Waals surface area contributed by atoms with Crippen LogP contribution in [0.1, 0.15) is 23.1 Å². The summed E-state index contributed by atoms with van der Waals surface area (Å²) in [4.78, 5) is 4.62. The van der Waals surface area contributed by atoms with E-state index >= 15 is 0 Å². The standard InChI is InChI=1S/C21H19N3S/c1-3-16-6-4-5-7-19(16)23-13-18(12-22)21-24-20(14-25-21)17-10-8-15(2)9-11-17/h4-11,13-14,23H,3H2,1-2H3. The van der Waals surface area contributed by atoms with Crippen LogP contribution in [-0.4, -0.2) is 4.98 Å². The number of nitrogens with one attached hydrogen (secondary N) is 1. The highest BCUT2D eigenvalue weighted by atomic mass is 32.1. The average molecular weight is 345 g/mol. The molecule has 0 radical (unpaired) electrons. The van der Waals surface area contributed by atoms with Crippen LogP contribution in [0.3, 0.4) is 0 Å². The lowest BCUT2D eigenvalue weighted by Gasteiger charge is -2.07. The third-order valence-electron chi connectivity index (χ3n) is 3.97. The van der Waals surface area contributed by atoms with Crippen LogP contribution in [0.25, 0.3) is 16.8 Å². The van der Waals surface area contributed by atoms with Gasteiger partial charge in [-0.3, -0.25) is 0 Å². The monoisotopic (exact) mass is 345 g/mol. The Balaban J connectivity index is 1.84. The van der Waals surface area contributed by atoms with E-state index in [0.717, 1.165) is 28.4 Å². The Kier molecular flexibility index (Phi) is 5.27. The highest BCUT2D eigenvalue weighted by molar-refractivity contribution is 7.11. The van der Waals surface area contributed by atoms with E-state index in [2.05, 4.69) is 60.5 Å². The van der Waals surface area contributed by atoms with Crippen molar-refractivity contribution in [3.63, 3.8) is 0 Å². The van der Waals surface area contributed by atoms with Gasteiger partial charge in [0.25, 0.3) is 0 Å². The van der Waals surface area contributed by atoms with Crippen LogP contribution in [0.15, 0.2) is 60.1 Å². The maximum Gasteiger partial charge on any atom is 0.136 e. The number of allylic oxidation sites excluding steroid dienone is 1. The molecule has 0 fully saturated rings. The predicted octanol–water partition coefficient (Wildman–Crippen LogP) is 5.66. The molecule has 0 unspecified atom stereocenters. The van der Waals surface area contributed by atoms with Gasteiger partial charge in [0, 0.05) is 22.8 Å². The van der Waals surface area contributed by atoms with E-state index < -0.39 is 0 Å². The van der Waals surface area contributed by atoms with Gasteiger partial charge in [-0.25, -0.2) is 4.98 Å². The molecule has 0 spiro atoms. The van der Waals surface area contributed by atoms with Crippen molar-refractivity contribution in [3.8, 4) is 17.3 Å². The fourth-order valence-electron chi connectivity index (χ4n) is 2.52. The molecular formula is C21H19N3S. The molecule has 124 valence electrons. The Morgan fingerprint density at radius 1 is 1.20 bits per heavy atom. The Labute approximate surface area is 152 Å². The van der Waals surface area contributed by atoms with Crippen molar-refractivity contribution in [1.29, 1.82) is 5.26 Å². The number of rotatable bonds is 5. The van der Waals surface area contributed by atoms with Crippen LogP contribution in [0.5, 0.6) is 0 Å². The van der Waals surface area contributed by atoms with Gasteiger partial charge in [0.15, 0.2) is 0 Å². The smallest absolute Gasteiger partial charge is 0.136 e. The summed E-state index contributed by atoms with van der Waals surface area (Å²) < 4.78 is 0. The highest BCUT2D eigenvalue weighted by Crippen LogP contribution is 2.26. The van der Waals surface area contributed by atoms with Gasteiger partial charge >= 0.3 is 0 Å². The molecule has 3 aromatic rings. The minimum atomic E-state index is 0.536. The maximum atomic E-state index is 9.51. The van der Waals surface area contributed by atoms with Gasteiger partial charge in [0.05, 0.1) is 5.69 Å². The first-order valence-electron chi connectivity index (χ1n) is 8.19. The van der Waals surface area contributed by atoms with Crippen LogP contribution in [0, 0.1) is 18.3 Å². The SMILES string of the molecule is CCc1ccccc1NC=C(C#N)c1nc(-c2ccc(C)cc2)cs1. The molecule has 2 aromatic carbocycles. The molecule has 25 heavy (non-hydrogen) atoms. The average Bonchev–Trinajstić information content (AvgIpc) is 3.13. The van der Waals surface area contributed by atoms with E-state index in [0.29, 0.717) is 5.57 Å². The zero-order valence-corrected chi connectivity index (χ0v) is 15.1. The molecule has 0 bridgehead atoms. The Bertz CT molecular complexity index is 930. The summed E-state index contributed by atoms with van der Waals surface area (Å²) in [5.41, 5.74) is 5.96. The Hall–Kier alpha value is -2.90. The number of thiazole rings is 1. The number of hydrogen-bond acceptors (Lipinski definition) is 4. The molecule has 0 saturated carbocycles. The van der Waals surface area contributed by atoms with Gasteiger partial charge in [-0.2, -0.15) is 5.26 Å². The van der Waals surface area contributed by atoms with Gasteiger partial charge in [0.1, 0.15) is 16.6 Å². The lowest BCUT2D eigenvalue weighted by molar-refractivity contribution is 1.14. The highest BCUT2D eigenvalue weighted by Gasteiger charge is 2.09. The molecule has 0 atom stereocenters. The second-order valence-corrected chi connectivity index (χ2v) is 6.59. The second kappa shape index (κ2) is 7.78. The lowest BCUT2D eigenvalue weighted by Crippen LogP contribution is -1.95. The minimum absolute atomic E-state index is 0.536. The molecule has 3 rings (SSSR count). The van der Waals surface area contributed by atoms with Crippen LogP contribution in [0.2, 0.25) is 0 Å². The van der Waals surface area contributed by atoms with Crippen molar-refractivity contribution in [3.05, 3.63) is 76.2 Å². The minimum Gasteiger partial charge on any atom is -0.360 e. The van der Waals surface area contributed by atoms with E-state index in [1.807, 2.05) is 23.6 Å². The van der Waals surface area contributed by atoms with E-state index in [1.54, 1.807) is 6.20 Å². The summed E-state index contributed by atoms with van der Waals surface area (Å²) in [6.07, 6.45) is 2.68. The molecule has 1 aromatic heterocycles. The van der Waals surface area contributed by atoms with Crippen LogP contribution in [0.4, 0.5) is 5.69 Å². The lowest BCUT2D eigenvalue weighted by atomic mass is 10.1. The largest absolute Gasteiger partial charge is 0.360 e. The van der Waals surface area contributed by atoms with Crippen LogP contribution in [-0.2, 0) is 6.42 Å². The number of nitrogens with zero attached hydrogens (tertiary/aromatic N) is 2. The number of aryl methyl sites for hydroxylation is 2. The summed E-state index contributed by atoms with van der Waals surface area (Å²) in [5.74, 6) is 0. The first-order valence-corrected chi connectivity index (χ1v) is 9.07. The predicted molar refractivity (Wildman–Crippen MR) is 105 cm³/mol. The van der Waals surface area contributed by atoms with Gasteiger partial charge in [0.2, 0.25) is 0 Å². The van der Waals surface area contributed by atoms with Gasteiger partial charge in [-0.1, -0.05) is 55.0 Å². The molecule has 3 nitrogen and oxygen atoms in total. The van der Waals surface area contributed by atoms with Crippen molar-refractivity contribution >= 4 is 22.6 Å². The first kappa shape index (κ1) is 16.9. The van der Waals surface area contributed by atoms with Crippen molar-refractivity contribution in [2.45, 2.75) is 20.3 Å². The number of aromatic nitrogens is 1. The van der Waals surface area contributed by atoms with Gasteiger partial charge in [-0.15, -0.1) is 11.3 Å². The van der Waals surface area contributed by atoms with Crippen molar-refractivity contribution in [1.82, 2.24) is 4.98 Å². The molecule has 1 heterocycles. The number of hydrogen-bond donors (Lipinski definition) is 1. The van der Waals surface area contributed by atoms with Crippen molar-refractivity contribution in [2.75, 3.05) is 5.32 Å². The molecule has 0 aliphatic rings. The molecule has 0 aliphatic heterocycles. The molecule has 4 heteroatoms. The molecular weight excluding hydrogens is 326 g/mol. The number of benzene rings is 2. The van der Waals surface area contributed by atoms with Crippen LogP contribution < -0.4 is 5.32 Å². The summed E-state index contributed by atoms with van der Waals surface area (Å²) in [7, 11) is 0. The Morgan fingerprint density at radius 3 is 2.68 bits per heavy atom. The molecule has 0 amide bonds. The van der Waals surface area contributed by atoms with E-state index in [9.17, 15) is 5.26 Å². The van der Waals surface area contributed by atoms with Gasteiger partial charge < -0.3 is 5.32 Å².